The number of nitrogens with one attached hydrogen (secondary N) is 2. The molecule has 8 nitrogen and oxygen atoms in total. The SMILES string of the molecule is O=C1NC(=O)C(CN2Cc3ccc(F)cc3C2=O)(c2ccc(-c3cnccn3)cc2)N1. The summed E-state index contributed by atoms with van der Waals surface area (Å²) in [6.07, 6.45) is 4.77. The Kier molecular flexibility index (Phi) is 4.25. The molecule has 5 rings (SSSR count). The highest BCUT2D eigenvalue weighted by atomic mass is 19.1. The molecule has 1 atom stereocenters. The first-order valence-electron chi connectivity index (χ1n) is 9.54. The molecule has 1 aromatic heterocycles. The van der Waals surface area contributed by atoms with Crippen LogP contribution < -0.4 is 10.6 Å². The maximum atomic E-state index is 13.6. The first kappa shape index (κ1) is 18.9. The van der Waals surface area contributed by atoms with E-state index in [9.17, 15) is 18.8 Å². The zero-order valence-corrected chi connectivity index (χ0v) is 16.1. The van der Waals surface area contributed by atoms with Crippen LogP contribution in [0.25, 0.3) is 11.3 Å². The molecule has 154 valence electrons. The number of rotatable bonds is 4. The van der Waals surface area contributed by atoms with E-state index < -0.39 is 23.3 Å². The minimum atomic E-state index is -1.46. The van der Waals surface area contributed by atoms with Gasteiger partial charge in [-0.3, -0.25) is 24.9 Å². The van der Waals surface area contributed by atoms with Crippen molar-refractivity contribution in [3.05, 3.63) is 83.6 Å². The molecule has 2 aromatic carbocycles. The van der Waals surface area contributed by atoms with E-state index in [0.717, 1.165) is 5.56 Å². The fourth-order valence-corrected chi connectivity index (χ4v) is 4.02. The predicted octanol–water partition coefficient (Wildman–Crippen LogP) is 1.97. The molecule has 2 aliphatic heterocycles. The van der Waals surface area contributed by atoms with Gasteiger partial charge >= 0.3 is 6.03 Å². The second-order valence-electron chi connectivity index (χ2n) is 7.44. The van der Waals surface area contributed by atoms with E-state index >= 15 is 0 Å². The van der Waals surface area contributed by atoms with Crippen molar-refractivity contribution in [1.29, 1.82) is 0 Å². The molecule has 9 heteroatoms. The third kappa shape index (κ3) is 3.10. The first-order chi connectivity index (χ1) is 15.0. The molecule has 1 fully saturated rings. The van der Waals surface area contributed by atoms with Gasteiger partial charge in [0.1, 0.15) is 5.82 Å². The van der Waals surface area contributed by atoms with E-state index in [1.165, 1.54) is 17.0 Å². The summed E-state index contributed by atoms with van der Waals surface area (Å²) in [7, 11) is 0. The lowest BCUT2D eigenvalue weighted by Crippen LogP contribution is -2.52. The van der Waals surface area contributed by atoms with Crippen LogP contribution in [0.4, 0.5) is 9.18 Å². The molecule has 0 radical (unpaired) electrons. The number of nitrogens with zero attached hydrogens (tertiary/aromatic N) is 3. The van der Waals surface area contributed by atoms with Gasteiger partial charge in [0.25, 0.3) is 11.8 Å². The van der Waals surface area contributed by atoms with Crippen LogP contribution in [0.3, 0.4) is 0 Å². The van der Waals surface area contributed by atoms with E-state index in [1.54, 1.807) is 48.9 Å². The van der Waals surface area contributed by atoms with E-state index in [-0.39, 0.29) is 24.6 Å². The maximum absolute atomic E-state index is 13.6. The van der Waals surface area contributed by atoms with Crippen molar-refractivity contribution in [2.24, 2.45) is 0 Å². The van der Waals surface area contributed by atoms with Gasteiger partial charge in [-0.15, -0.1) is 0 Å². The highest BCUT2D eigenvalue weighted by Gasteiger charge is 2.50. The summed E-state index contributed by atoms with van der Waals surface area (Å²) < 4.78 is 13.6. The van der Waals surface area contributed by atoms with E-state index in [0.29, 0.717) is 16.8 Å². The number of carbonyl (C=O) groups excluding carboxylic acids is 3. The van der Waals surface area contributed by atoms with Crippen LogP contribution in [-0.4, -0.2) is 39.3 Å². The van der Waals surface area contributed by atoms with Crippen molar-refractivity contribution in [2.75, 3.05) is 6.54 Å². The standard InChI is InChI=1S/C22H16FN5O3/c23-16-6-3-14-11-28(19(29)17(14)9-16)12-22(20(30)26-21(31)27-22)15-4-1-13(2-5-15)18-10-24-7-8-25-18/h1-10H,11-12H2,(H2,26,27,30,31). The molecule has 1 saturated heterocycles. The van der Waals surface area contributed by atoms with Gasteiger partial charge in [-0.25, -0.2) is 9.18 Å². The summed E-state index contributed by atoms with van der Waals surface area (Å²) in [5, 5.41) is 4.95. The lowest BCUT2D eigenvalue weighted by Gasteiger charge is -2.31. The Hall–Kier alpha value is -4.14. The first-order valence-corrected chi connectivity index (χ1v) is 9.54. The zero-order chi connectivity index (χ0) is 21.6. The quantitative estimate of drug-likeness (QED) is 0.632. The van der Waals surface area contributed by atoms with Gasteiger partial charge in [0, 0.05) is 30.1 Å². The zero-order valence-electron chi connectivity index (χ0n) is 16.1. The molecule has 4 amide bonds. The minimum absolute atomic E-state index is 0.0931. The predicted molar refractivity (Wildman–Crippen MR) is 107 cm³/mol. The summed E-state index contributed by atoms with van der Waals surface area (Å²) in [4.78, 5) is 47.5. The van der Waals surface area contributed by atoms with E-state index in [2.05, 4.69) is 20.6 Å². The van der Waals surface area contributed by atoms with Crippen LogP contribution in [0.1, 0.15) is 21.5 Å². The molecule has 3 heterocycles. The second-order valence-corrected chi connectivity index (χ2v) is 7.44. The van der Waals surface area contributed by atoms with Crippen molar-refractivity contribution in [1.82, 2.24) is 25.5 Å². The fourth-order valence-electron chi connectivity index (χ4n) is 4.02. The number of aromatic nitrogens is 2. The van der Waals surface area contributed by atoms with Gasteiger partial charge in [-0.1, -0.05) is 30.3 Å². The molecule has 1 unspecified atom stereocenters. The van der Waals surface area contributed by atoms with Crippen LogP contribution in [-0.2, 0) is 16.9 Å². The number of hydrogen-bond donors (Lipinski definition) is 2. The Balaban J connectivity index is 1.49. The fraction of sp³-hybridized carbons (Fsp3) is 0.136. The number of urea groups is 1. The highest BCUT2D eigenvalue weighted by molar-refractivity contribution is 6.08. The number of carbonyl (C=O) groups is 3. The third-order valence-electron chi connectivity index (χ3n) is 5.56. The van der Waals surface area contributed by atoms with Gasteiger partial charge in [0.2, 0.25) is 0 Å². The lowest BCUT2D eigenvalue weighted by atomic mass is 9.88. The summed E-state index contributed by atoms with van der Waals surface area (Å²) >= 11 is 0. The summed E-state index contributed by atoms with van der Waals surface area (Å²) in [6, 6.07) is 10.4. The molecule has 2 N–H and O–H groups in total. The van der Waals surface area contributed by atoms with E-state index in [1.807, 2.05) is 0 Å². The van der Waals surface area contributed by atoms with Crippen molar-refractivity contribution in [2.45, 2.75) is 12.1 Å². The molecule has 0 spiro atoms. The topological polar surface area (TPSA) is 104 Å². The van der Waals surface area contributed by atoms with Gasteiger partial charge in [-0.2, -0.15) is 0 Å². The Morgan fingerprint density at radius 3 is 2.55 bits per heavy atom. The number of imide groups is 1. The average Bonchev–Trinajstić information content (AvgIpc) is 3.24. The van der Waals surface area contributed by atoms with Crippen molar-refractivity contribution in [3.63, 3.8) is 0 Å². The number of amides is 4. The largest absolute Gasteiger partial charge is 0.331 e. The van der Waals surface area contributed by atoms with Gasteiger partial charge in [0.15, 0.2) is 5.54 Å². The van der Waals surface area contributed by atoms with E-state index in [4.69, 9.17) is 0 Å². The number of benzene rings is 2. The Morgan fingerprint density at radius 2 is 1.87 bits per heavy atom. The van der Waals surface area contributed by atoms with Crippen molar-refractivity contribution >= 4 is 17.8 Å². The number of hydrogen-bond acceptors (Lipinski definition) is 5. The van der Waals surface area contributed by atoms with Crippen LogP contribution >= 0.6 is 0 Å². The molecule has 2 aliphatic rings. The molecule has 0 saturated carbocycles. The molecular weight excluding hydrogens is 401 g/mol. The van der Waals surface area contributed by atoms with Crippen molar-refractivity contribution in [3.8, 4) is 11.3 Å². The lowest BCUT2D eigenvalue weighted by molar-refractivity contribution is -0.124. The van der Waals surface area contributed by atoms with Crippen LogP contribution in [0.15, 0.2) is 61.1 Å². The van der Waals surface area contributed by atoms with Gasteiger partial charge in [-0.05, 0) is 23.3 Å². The van der Waals surface area contributed by atoms with Crippen molar-refractivity contribution < 1.29 is 18.8 Å². The minimum Gasteiger partial charge on any atom is -0.331 e. The Bertz CT molecular complexity index is 1220. The van der Waals surface area contributed by atoms with Crippen LogP contribution in [0, 0.1) is 5.82 Å². The monoisotopic (exact) mass is 417 g/mol. The Labute approximate surface area is 176 Å². The number of fused-ring (bicyclic) bond motifs is 1. The van der Waals surface area contributed by atoms with Crippen LogP contribution in [0.5, 0.6) is 0 Å². The summed E-state index contributed by atoms with van der Waals surface area (Å²) in [5.41, 5.74) is 1.43. The van der Waals surface area contributed by atoms with Gasteiger partial charge < -0.3 is 10.2 Å². The normalized spacial score (nSPS) is 19.9. The van der Waals surface area contributed by atoms with Gasteiger partial charge in [0.05, 0.1) is 18.4 Å². The summed E-state index contributed by atoms with van der Waals surface area (Å²) in [6.45, 7) is 0.126. The number of halogens is 1. The molecular formula is C22H16FN5O3. The molecule has 3 aromatic rings. The highest BCUT2D eigenvalue weighted by Crippen LogP contribution is 2.32. The summed E-state index contributed by atoms with van der Waals surface area (Å²) in [5.74, 6) is -1.45. The molecule has 0 bridgehead atoms. The van der Waals surface area contributed by atoms with Crippen LogP contribution in [0.2, 0.25) is 0 Å². The third-order valence-corrected chi connectivity index (χ3v) is 5.56. The molecule has 31 heavy (non-hydrogen) atoms. The average molecular weight is 417 g/mol. The smallest absolute Gasteiger partial charge is 0.322 e. The molecule has 0 aliphatic carbocycles. The second kappa shape index (κ2) is 6.98. The Morgan fingerprint density at radius 1 is 1.06 bits per heavy atom. The maximum Gasteiger partial charge on any atom is 0.322 e.